The number of halogens is 3. The standard InChI is InChI=1S/C26H25N5O3.C2HF3O2/c32-25-24-21-8-6-19-16-28-20(15-22(19)23(21)29-31(24)10-9-27-25)7-3-17-1-4-18(5-2-17)26(33)30-11-13-34-14-12-30;3-2(4,5)1(6)7/h1-5,7,15-16H,6,8-14H2,(H,27,32);(H,6,7)/b7-3+;. The Morgan fingerprint density at radius 2 is 1.76 bits per heavy atom. The zero-order valence-electron chi connectivity index (χ0n) is 21.8. The molecule has 2 N–H and O–H groups in total. The highest BCUT2D eigenvalue weighted by Crippen LogP contribution is 2.35. The SMILES string of the molecule is O=C(O)C(F)(F)F.O=C1NCCn2nc3c(c21)CCc1cnc(/C=C/c2ccc(C(=O)N4CCOCC4)cc2)cc1-3. The number of fused-ring (bicyclic) bond motifs is 5. The summed E-state index contributed by atoms with van der Waals surface area (Å²) in [5, 5.41) is 14.8. The van der Waals surface area contributed by atoms with Crippen molar-refractivity contribution in [3.63, 3.8) is 0 Å². The molecule has 0 bridgehead atoms. The van der Waals surface area contributed by atoms with Crippen molar-refractivity contribution in [1.82, 2.24) is 25.0 Å². The number of pyridine rings is 1. The quantitative estimate of drug-likeness (QED) is 0.497. The lowest BCUT2D eigenvalue weighted by Gasteiger charge is -2.26. The summed E-state index contributed by atoms with van der Waals surface area (Å²) in [4.78, 5) is 40.4. The molecule has 2 aromatic heterocycles. The molecule has 1 saturated heterocycles. The van der Waals surface area contributed by atoms with Gasteiger partial charge < -0.3 is 20.1 Å². The van der Waals surface area contributed by atoms with Gasteiger partial charge in [-0.3, -0.25) is 19.3 Å². The molecule has 6 rings (SSSR count). The molecule has 0 unspecified atom stereocenters. The number of hydrogen-bond acceptors (Lipinski definition) is 6. The number of carboxylic acids is 1. The van der Waals surface area contributed by atoms with Crippen LogP contribution in [0.25, 0.3) is 23.4 Å². The van der Waals surface area contributed by atoms with Crippen LogP contribution in [0, 0.1) is 0 Å². The van der Waals surface area contributed by atoms with Gasteiger partial charge in [0.15, 0.2) is 0 Å². The van der Waals surface area contributed by atoms with Crippen LogP contribution in [-0.4, -0.2) is 81.6 Å². The highest BCUT2D eigenvalue weighted by molar-refractivity contribution is 5.97. The van der Waals surface area contributed by atoms with Crippen LogP contribution >= 0.6 is 0 Å². The fourth-order valence-corrected chi connectivity index (χ4v) is 4.87. The van der Waals surface area contributed by atoms with Crippen LogP contribution < -0.4 is 5.32 Å². The van der Waals surface area contributed by atoms with Gasteiger partial charge in [0.1, 0.15) is 5.69 Å². The van der Waals surface area contributed by atoms with E-state index in [-0.39, 0.29) is 11.8 Å². The Kier molecular flexibility index (Phi) is 7.88. The van der Waals surface area contributed by atoms with Crippen LogP contribution in [0.3, 0.4) is 0 Å². The second-order valence-corrected chi connectivity index (χ2v) is 9.58. The van der Waals surface area contributed by atoms with Crippen molar-refractivity contribution in [2.45, 2.75) is 25.6 Å². The first-order valence-corrected chi connectivity index (χ1v) is 12.9. The molecule has 0 radical (unpaired) electrons. The van der Waals surface area contributed by atoms with Gasteiger partial charge in [-0.1, -0.05) is 18.2 Å². The smallest absolute Gasteiger partial charge is 0.475 e. The number of carbonyl (C=O) groups is 3. The maximum atomic E-state index is 12.6. The number of ether oxygens (including phenoxy) is 1. The van der Waals surface area contributed by atoms with E-state index in [0.717, 1.165) is 46.5 Å². The van der Waals surface area contributed by atoms with Crippen LogP contribution in [0.5, 0.6) is 0 Å². The largest absolute Gasteiger partial charge is 0.490 e. The number of carbonyl (C=O) groups excluding carboxylic acids is 2. The molecule has 3 aromatic rings. The summed E-state index contributed by atoms with van der Waals surface area (Å²) in [5.74, 6) is -2.75. The molecule has 1 fully saturated rings. The lowest BCUT2D eigenvalue weighted by molar-refractivity contribution is -0.192. The molecule has 0 saturated carbocycles. The normalized spacial score (nSPS) is 16.2. The van der Waals surface area contributed by atoms with E-state index < -0.39 is 12.1 Å². The second-order valence-electron chi connectivity index (χ2n) is 9.58. The van der Waals surface area contributed by atoms with Crippen LogP contribution in [0.15, 0.2) is 36.5 Å². The Balaban J connectivity index is 0.000000431. The van der Waals surface area contributed by atoms with Crippen LogP contribution in [-0.2, 0) is 28.9 Å². The minimum Gasteiger partial charge on any atom is -0.475 e. The minimum atomic E-state index is -5.08. The molecule has 2 aliphatic heterocycles. The zero-order chi connectivity index (χ0) is 29.1. The van der Waals surface area contributed by atoms with Crippen LogP contribution in [0.1, 0.15) is 43.2 Å². The van der Waals surface area contributed by atoms with Crippen molar-refractivity contribution in [2.24, 2.45) is 0 Å². The molecule has 1 aliphatic carbocycles. The Hall–Kier alpha value is -4.52. The molecule has 10 nitrogen and oxygen atoms in total. The van der Waals surface area contributed by atoms with Gasteiger partial charge in [-0.2, -0.15) is 18.3 Å². The average Bonchev–Trinajstić information content (AvgIpc) is 3.37. The lowest BCUT2D eigenvalue weighted by atomic mass is 9.89. The van der Waals surface area contributed by atoms with Crippen LogP contribution in [0.2, 0.25) is 0 Å². The van der Waals surface area contributed by atoms with Gasteiger partial charge >= 0.3 is 12.1 Å². The third kappa shape index (κ3) is 6.14. The third-order valence-corrected chi connectivity index (χ3v) is 6.93. The first kappa shape index (κ1) is 28.0. The van der Waals surface area contributed by atoms with Gasteiger partial charge in [0.25, 0.3) is 11.8 Å². The number of hydrogen-bond donors (Lipinski definition) is 2. The first-order chi connectivity index (χ1) is 19.6. The van der Waals surface area contributed by atoms with Gasteiger partial charge in [0, 0.05) is 42.5 Å². The van der Waals surface area contributed by atoms with Gasteiger partial charge in [0.2, 0.25) is 0 Å². The minimum absolute atomic E-state index is 0.0341. The van der Waals surface area contributed by atoms with Crippen molar-refractivity contribution in [3.05, 3.63) is 70.2 Å². The van der Waals surface area contributed by atoms with Crippen molar-refractivity contribution in [1.29, 1.82) is 0 Å². The average molecular weight is 570 g/mol. The number of nitrogens with zero attached hydrogens (tertiary/aromatic N) is 4. The molecule has 214 valence electrons. The molecular weight excluding hydrogens is 543 g/mol. The van der Waals surface area contributed by atoms with E-state index in [4.69, 9.17) is 19.7 Å². The summed E-state index contributed by atoms with van der Waals surface area (Å²) in [6, 6.07) is 9.68. The third-order valence-electron chi connectivity index (χ3n) is 6.93. The summed E-state index contributed by atoms with van der Waals surface area (Å²) in [6.45, 7) is 3.77. The van der Waals surface area contributed by atoms with E-state index in [0.29, 0.717) is 50.7 Å². The number of carboxylic acid groups (broad SMARTS) is 1. The summed E-state index contributed by atoms with van der Waals surface area (Å²) < 4.78 is 38.9. The number of morpholine rings is 1. The monoisotopic (exact) mass is 569 g/mol. The molecule has 41 heavy (non-hydrogen) atoms. The van der Waals surface area contributed by atoms with Gasteiger partial charge in [-0.15, -0.1) is 0 Å². The second kappa shape index (κ2) is 11.5. The Morgan fingerprint density at radius 1 is 1.05 bits per heavy atom. The molecule has 13 heteroatoms. The van der Waals surface area contributed by atoms with Gasteiger partial charge in [-0.05, 0) is 48.2 Å². The Bertz CT molecular complexity index is 1510. The molecule has 3 aliphatic rings. The maximum Gasteiger partial charge on any atom is 0.490 e. The predicted octanol–water partition coefficient (Wildman–Crippen LogP) is 3.06. The number of amides is 2. The number of aromatic nitrogens is 3. The number of nitrogens with one attached hydrogen (secondary N) is 1. The molecule has 2 amide bonds. The fraction of sp³-hybridized carbons (Fsp3) is 0.321. The molecule has 0 atom stereocenters. The molecule has 4 heterocycles. The Morgan fingerprint density at radius 3 is 2.44 bits per heavy atom. The highest BCUT2D eigenvalue weighted by atomic mass is 19.4. The number of aryl methyl sites for hydroxylation is 1. The number of benzene rings is 1. The number of rotatable bonds is 3. The highest BCUT2D eigenvalue weighted by Gasteiger charge is 2.38. The topological polar surface area (TPSA) is 127 Å². The summed E-state index contributed by atoms with van der Waals surface area (Å²) >= 11 is 0. The van der Waals surface area contributed by atoms with Crippen molar-refractivity contribution in [2.75, 3.05) is 32.8 Å². The summed E-state index contributed by atoms with van der Waals surface area (Å²) in [6.07, 6.45) is 2.45. The van der Waals surface area contributed by atoms with E-state index in [9.17, 15) is 22.8 Å². The predicted molar refractivity (Wildman–Crippen MR) is 141 cm³/mol. The zero-order valence-corrected chi connectivity index (χ0v) is 21.8. The van der Waals surface area contributed by atoms with Crippen molar-refractivity contribution in [3.8, 4) is 11.3 Å². The van der Waals surface area contributed by atoms with E-state index in [2.05, 4.69) is 16.4 Å². The van der Waals surface area contributed by atoms with Crippen molar-refractivity contribution >= 4 is 29.9 Å². The maximum absolute atomic E-state index is 12.6. The molecular formula is C28H26F3N5O5. The molecule has 1 aromatic carbocycles. The number of alkyl halides is 3. The number of aliphatic carboxylic acids is 1. The van der Waals surface area contributed by atoms with E-state index in [1.54, 1.807) is 0 Å². The van der Waals surface area contributed by atoms with Crippen LogP contribution in [0.4, 0.5) is 13.2 Å². The summed E-state index contributed by atoms with van der Waals surface area (Å²) in [7, 11) is 0. The van der Waals surface area contributed by atoms with Gasteiger partial charge in [-0.25, -0.2) is 4.79 Å². The van der Waals surface area contributed by atoms with E-state index in [1.165, 1.54) is 0 Å². The fourth-order valence-electron chi connectivity index (χ4n) is 4.87. The first-order valence-electron chi connectivity index (χ1n) is 12.9. The van der Waals surface area contributed by atoms with E-state index >= 15 is 0 Å². The van der Waals surface area contributed by atoms with Gasteiger partial charge in [0.05, 0.1) is 31.1 Å². The lowest BCUT2D eigenvalue weighted by Crippen LogP contribution is -2.40. The molecule has 0 spiro atoms. The van der Waals surface area contributed by atoms with E-state index in [1.807, 2.05) is 52.2 Å². The Labute approximate surface area is 232 Å². The summed E-state index contributed by atoms with van der Waals surface area (Å²) in [5.41, 5.74) is 7.35. The van der Waals surface area contributed by atoms with Crippen molar-refractivity contribution < 1.29 is 37.4 Å².